The lowest BCUT2D eigenvalue weighted by Crippen LogP contribution is -2.54. The minimum absolute atomic E-state index is 0.0273. The molecule has 1 aromatic carbocycles. The highest BCUT2D eigenvalue weighted by atomic mass is 16.6. The average Bonchev–Trinajstić information content (AvgIpc) is 2.47. The van der Waals surface area contributed by atoms with Crippen LogP contribution in [0.3, 0.4) is 0 Å². The molecule has 6 heteroatoms. The van der Waals surface area contributed by atoms with E-state index < -0.39 is 11.6 Å². The van der Waals surface area contributed by atoms with Crippen molar-refractivity contribution in [2.24, 2.45) is 5.73 Å². The molecule has 6 nitrogen and oxygen atoms in total. The number of carbonyl (C=O) groups is 2. The molecule has 3 N–H and O–H groups in total. The van der Waals surface area contributed by atoms with E-state index in [0.29, 0.717) is 13.0 Å². The molecule has 132 valence electrons. The van der Waals surface area contributed by atoms with Crippen molar-refractivity contribution >= 4 is 12.1 Å². The first kappa shape index (κ1) is 18.3. The molecule has 2 rings (SSSR count). The van der Waals surface area contributed by atoms with E-state index in [2.05, 4.69) is 0 Å². The van der Waals surface area contributed by atoms with Crippen LogP contribution in [-0.2, 0) is 4.74 Å². The molecule has 1 aromatic rings. The number of nitrogens with zero attached hydrogens (tertiary/aromatic N) is 1. The van der Waals surface area contributed by atoms with Gasteiger partial charge in [0, 0.05) is 24.5 Å². The van der Waals surface area contributed by atoms with Crippen LogP contribution >= 0.6 is 0 Å². The van der Waals surface area contributed by atoms with Gasteiger partial charge in [0.1, 0.15) is 5.60 Å². The SMILES string of the molecule is CC1C(c2cccc(C(=O)O)c2)CC(N)CN1C(=O)OC(C)(C)C. The molecule has 1 saturated heterocycles. The summed E-state index contributed by atoms with van der Waals surface area (Å²) in [6.07, 6.45) is 0.313. The van der Waals surface area contributed by atoms with Crippen molar-refractivity contribution in [2.75, 3.05) is 6.54 Å². The fourth-order valence-corrected chi connectivity index (χ4v) is 3.11. The highest BCUT2D eigenvalue weighted by molar-refractivity contribution is 5.87. The number of ether oxygens (including phenoxy) is 1. The zero-order chi connectivity index (χ0) is 18.1. The van der Waals surface area contributed by atoms with E-state index in [1.54, 1.807) is 23.1 Å². The Kier molecular flexibility index (Phi) is 5.18. The third kappa shape index (κ3) is 4.26. The molecule has 1 aliphatic heterocycles. The third-order valence-electron chi connectivity index (χ3n) is 4.25. The van der Waals surface area contributed by atoms with Gasteiger partial charge in [-0.15, -0.1) is 0 Å². The van der Waals surface area contributed by atoms with Crippen molar-refractivity contribution < 1.29 is 19.4 Å². The molecule has 1 amide bonds. The first-order chi connectivity index (χ1) is 11.1. The third-order valence-corrected chi connectivity index (χ3v) is 4.25. The summed E-state index contributed by atoms with van der Waals surface area (Å²) in [6.45, 7) is 7.87. The Morgan fingerprint density at radius 2 is 2.00 bits per heavy atom. The van der Waals surface area contributed by atoms with Crippen LogP contribution in [0, 0.1) is 0 Å². The van der Waals surface area contributed by atoms with Crippen LogP contribution in [0.2, 0.25) is 0 Å². The van der Waals surface area contributed by atoms with Crippen LogP contribution in [0.1, 0.15) is 56.0 Å². The second kappa shape index (κ2) is 6.81. The van der Waals surface area contributed by atoms with Crippen LogP contribution in [0.5, 0.6) is 0 Å². The molecule has 1 fully saturated rings. The number of carboxylic acid groups (broad SMARTS) is 1. The number of piperidine rings is 1. The first-order valence-corrected chi connectivity index (χ1v) is 8.17. The second-order valence-electron chi connectivity index (χ2n) is 7.41. The number of carbonyl (C=O) groups excluding carboxylic acids is 1. The van der Waals surface area contributed by atoms with E-state index in [1.807, 2.05) is 33.8 Å². The topological polar surface area (TPSA) is 92.9 Å². The number of benzene rings is 1. The summed E-state index contributed by atoms with van der Waals surface area (Å²) in [6, 6.07) is 6.54. The number of likely N-dealkylation sites (tertiary alicyclic amines) is 1. The van der Waals surface area contributed by atoms with Gasteiger partial charge in [-0.2, -0.15) is 0 Å². The summed E-state index contributed by atoms with van der Waals surface area (Å²) in [5.41, 5.74) is 6.70. The predicted molar refractivity (Wildman–Crippen MR) is 91.1 cm³/mol. The smallest absolute Gasteiger partial charge is 0.410 e. The number of aromatic carboxylic acids is 1. The standard InChI is InChI=1S/C18H26N2O4/c1-11-15(12-6-5-7-13(8-12)16(21)22)9-14(19)10-20(11)17(23)24-18(2,3)4/h5-8,11,14-15H,9-10,19H2,1-4H3,(H,21,22). The summed E-state index contributed by atoms with van der Waals surface area (Å²) in [5.74, 6) is -0.992. The van der Waals surface area contributed by atoms with Gasteiger partial charge in [0.15, 0.2) is 0 Å². The molecule has 0 aliphatic carbocycles. The van der Waals surface area contributed by atoms with E-state index in [-0.39, 0.29) is 29.7 Å². The fraction of sp³-hybridized carbons (Fsp3) is 0.556. The normalized spacial score (nSPS) is 24.5. The fourth-order valence-electron chi connectivity index (χ4n) is 3.11. The Morgan fingerprint density at radius 3 is 2.58 bits per heavy atom. The Bertz CT molecular complexity index is 624. The predicted octanol–water partition coefficient (Wildman–Crippen LogP) is 2.83. The molecule has 1 heterocycles. The maximum atomic E-state index is 12.5. The summed E-state index contributed by atoms with van der Waals surface area (Å²) >= 11 is 0. The molecule has 0 aromatic heterocycles. The molecule has 0 spiro atoms. The monoisotopic (exact) mass is 334 g/mol. The molecule has 0 bridgehead atoms. The lowest BCUT2D eigenvalue weighted by atomic mass is 9.82. The quantitative estimate of drug-likeness (QED) is 0.867. The second-order valence-corrected chi connectivity index (χ2v) is 7.41. The lowest BCUT2D eigenvalue weighted by molar-refractivity contribution is 0.00651. The van der Waals surface area contributed by atoms with Gasteiger partial charge in [-0.05, 0) is 51.8 Å². The molecule has 0 saturated carbocycles. The van der Waals surface area contributed by atoms with Crippen molar-refractivity contribution in [2.45, 2.75) is 57.7 Å². The van der Waals surface area contributed by atoms with Crippen molar-refractivity contribution in [3.05, 3.63) is 35.4 Å². The van der Waals surface area contributed by atoms with Crippen molar-refractivity contribution in [3.8, 4) is 0 Å². The highest BCUT2D eigenvalue weighted by Gasteiger charge is 2.37. The molecule has 3 atom stereocenters. The van der Waals surface area contributed by atoms with Gasteiger partial charge in [0.25, 0.3) is 0 Å². The molecule has 1 aliphatic rings. The maximum Gasteiger partial charge on any atom is 0.410 e. The Balaban J connectivity index is 2.26. The van der Waals surface area contributed by atoms with Crippen LogP contribution in [0.15, 0.2) is 24.3 Å². The minimum Gasteiger partial charge on any atom is -0.478 e. The maximum absolute atomic E-state index is 12.5. The van der Waals surface area contributed by atoms with Gasteiger partial charge >= 0.3 is 12.1 Å². The van der Waals surface area contributed by atoms with E-state index in [9.17, 15) is 14.7 Å². The number of hydrogen-bond donors (Lipinski definition) is 2. The van der Waals surface area contributed by atoms with Gasteiger partial charge in [-0.25, -0.2) is 9.59 Å². The van der Waals surface area contributed by atoms with Gasteiger partial charge in [0.05, 0.1) is 5.56 Å². The highest BCUT2D eigenvalue weighted by Crippen LogP contribution is 2.33. The summed E-state index contributed by atoms with van der Waals surface area (Å²) in [4.78, 5) is 25.3. The number of carboxylic acids is 1. The zero-order valence-electron chi connectivity index (χ0n) is 14.7. The minimum atomic E-state index is -0.964. The Hall–Kier alpha value is -2.08. The van der Waals surface area contributed by atoms with Crippen molar-refractivity contribution in [3.63, 3.8) is 0 Å². The number of hydrogen-bond acceptors (Lipinski definition) is 4. The van der Waals surface area contributed by atoms with Crippen LogP contribution in [-0.4, -0.2) is 46.3 Å². The van der Waals surface area contributed by atoms with Gasteiger partial charge in [0.2, 0.25) is 0 Å². The van der Waals surface area contributed by atoms with Crippen LogP contribution in [0.25, 0.3) is 0 Å². The van der Waals surface area contributed by atoms with Crippen molar-refractivity contribution in [1.82, 2.24) is 4.90 Å². The van der Waals surface area contributed by atoms with E-state index in [0.717, 1.165) is 5.56 Å². The zero-order valence-corrected chi connectivity index (χ0v) is 14.7. The number of amides is 1. The van der Waals surface area contributed by atoms with Gasteiger partial charge in [-0.3, -0.25) is 0 Å². The number of nitrogens with two attached hydrogens (primary N) is 1. The average molecular weight is 334 g/mol. The van der Waals surface area contributed by atoms with Crippen LogP contribution in [0.4, 0.5) is 4.79 Å². The molecule has 24 heavy (non-hydrogen) atoms. The van der Waals surface area contributed by atoms with Crippen LogP contribution < -0.4 is 5.73 Å². The summed E-state index contributed by atoms with van der Waals surface area (Å²) in [5, 5.41) is 9.18. The van der Waals surface area contributed by atoms with Gasteiger partial charge in [-0.1, -0.05) is 12.1 Å². The Morgan fingerprint density at radius 1 is 1.33 bits per heavy atom. The molecule has 3 unspecified atom stereocenters. The van der Waals surface area contributed by atoms with E-state index in [1.165, 1.54) is 0 Å². The van der Waals surface area contributed by atoms with Gasteiger partial charge < -0.3 is 20.5 Å². The molecular weight excluding hydrogens is 308 g/mol. The van der Waals surface area contributed by atoms with Crippen molar-refractivity contribution in [1.29, 1.82) is 0 Å². The first-order valence-electron chi connectivity index (χ1n) is 8.17. The summed E-state index contributed by atoms with van der Waals surface area (Å²) < 4.78 is 5.48. The largest absolute Gasteiger partial charge is 0.478 e. The number of rotatable bonds is 2. The molecular formula is C18H26N2O4. The summed E-state index contributed by atoms with van der Waals surface area (Å²) in [7, 11) is 0. The lowest BCUT2D eigenvalue weighted by Gasteiger charge is -2.42. The Labute approximate surface area is 142 Å². The molecule has 0 radical (unpaired) electrons. The van der Waals surface area contributed by atoms with E-state index in [4.69, 9.17) is 10.5 Å². The van der Waals surface area contributed by atoms with E-state index >= 15 is 0 Å².